The van der Waals surface area contributed by atoms with Crippen LogP contribution in [0.2, 0.25) is 0 Å². The van der Waals surface area contributed by atoms with Crippen LogP contribution in [0, 0.1) is 12.3 Å². The Kier molecular flexibility index (Phi) is 6.25. The third-order valence-corrected chi connectivity index (χ3v) is 7.50. The number of fused-ring (bicyclic) bond motifs is 1. The number of benzene rings is 2. The minimum absolute atomic E-state index is 0.0578. The standard InChI is InChI=1S/C26H29N5O3S/c1-17-10-11-19(15-22(17)28-25(32)26(2,3)4)23-16-31-24(27-23)13-12-21(29-31)18-8-7-9-20(14-18)35(33,34)30(5)6/h7-16H,1-6H3,(H,28,32). The van der Waals surface area contributed by atoms with Gasteiger partial charge < -0.3 is 5.32 Å². The van der Waals surface area contributed by atoms with E-state index >= 15 is 0 Å². The first-order valence-corrected chi connectivity index (χ1v) is 12.6. The molecule has 2 aromatic carbocycles. The Hall–Kier alpha value is -3.56. The summed E-state index contributed by atoms with van der Waals surface area (Å²) in [6.07, 6.45) is 1.82. The number of rotatable bonds is 5. The van der Waals surface area contributed by atoms with Gasteiger partial charge in [0.1, 0.15) is 0 Å². The van der Waals surface area contributed by atoms with Crippen LogP contribution in [0.5, 0.6) is 0 Å². The van der Waals surface area contributed by atoms with Crippen molar-refractivity contribution in [3.63, 3.8) is 0 Å². The molecule has 4 rings (SSSR count). The fraction of sp³-hybridized carbons (Fsp3) is 0.269. The Morgan fingerprint density at radius 1 is 0.971 bits per heavy atom. The second-order valence-corrected chi connectivity index (χ2v) is 11.8. The molecular weight excluding hydrogens is 462 g/mol. The molecule has 0 atom stereocenters. The van der Waals surface area contributed by atoms with Gasteiger partial charge in [0, 0.05) is 36.3 Å². The summed E-state index contributed by atoms with van der Waals surface area (Å²) in [6, 6.07) is 16.2. The van der Waals surface area contributed by atoms with E-state index in [1.807, 2.05) is 70.3 Å². The predicted molar refractivity (Wildman–Crippen MR) is 138 cm³/mol. The van der Waals surface area contributed by atoms with Crippen molar-refractivity contribution in [3.05, 3.63) is 66.4 Å². The summed E-state index contributed by atoms with van der Waals surface area (Å²) in [6.45, 7) is 7.57. The molecule has 0 saturated heterocycles. The molecule has 0 fully saturated rings. The summed E-state index contributed by atoms with van der Waals surface area (Å²) in [5, 5.41) is 7.66. The van der Waals surface area contributed by atoms with Gasteiger partial charge in [-0.1, -0.05) is 45.0 Å². The average molecular weight is 492 g/mol. The number of nitrogens with zero attached hydrogens (tertiary/aromatic N) is 4. The molecule has 2 heterocycles. The fourth-order valence-electron chi connectivity index (χ4n) is 3.43. The number of imidazole rings is 1. The van der Waals surface area contributed by atoms with Crippen LogP contribution in [0.4, 0.5) is 5.69 Å². The van der Waals surface area contributed by atoms with E-state index in [-0.39, 0.29) is 10.8 Å². The summed E-state index contributed by atoms with van der Waals surface area (Å²) < 4.78 is 27.9. The maximum absolute atomic E-state index is 12.5. The zero-order valence-electron chi connectivity index (χ0n) is 20.7. The summed E-state index contributed by atoms with van der Waals surface area (Å²) in [4.78, 5) is 17.4. The molecule has 0 radical (unpaired) electrons. The Bertz CT molecular complexity index is 1530. The first kappa shape index (κ1) is 24.6. The maximum Gasteiger partial charge on any atom is 0.242 e. The van der Waals surface area contributed by atoms with E-state index in [0.717, 1.165) is 16.8 Å². The molecule has 35 heavy (non-hydrogen) atoms. The van der Waals surface area contributed by atoms with Gasteiger partial charge >= 0.3 is 0 Å². The van der Waals surface area contributed by atoms with Crippen molar-refractivity contribution in [1.82, 2.24) is 18.9 Å². The van der Waals surface area contributed by atoms with Gasteiger partial charge in [-0.2, -0.15) is 5.10 Å². The number of amides is 1. The van der Waals surface area contributed by atoms with Crippen molar-refractivity contribution in [3.8, 4) is 22.5 Å². The van der Waals surface area contributed by atoms with Crippen LogP contribution in [-0.2, 0) is 14.8 Å². The van der Waals surface area contributed by atoms with Crippen LogP contribution in [0.15, 0.2) is 65.7 Å². The summed E-state index contributed by atoms with van der Waals surface area (Å²) in [7, 11) is -0.542. The molecule has 1 amide bonds. The van der Waals surface area contributed by atoms with E-state index in [2.05, 4.69) is 15.4 Å². The van der Waals surface area contributed by atoms with E-state index in [9.17, 15) is 13.2 Å². The Morgan fingerprint density at radius 2 is 1.69 bits per heavy atom. The summed E-state index contributed by atoms with van der Waals surface area (Å²) >= 11 is 0. The van der Waals surface area contributed by atoms with Gasteiger partial charge in [-0.25, -0.2) is 22.2 Å². The Balaban J connectivity index is 1.69. The molecule has 8 nitrogen and oxygen atoms in total. The Morgan fingerprint density at radius 3 is 2.37 bits per heavy atom. The van der Waals surface area contributed by atoms with Crippen molar-refractivity contribution >= 4 is 27.3 Å². The van der Waals surface area contributed by atoms with E-state index in [0.29, 0.717) is 22.6 Å². The minimum Gasteiger partial charge on any atom is -0.325 e. The minimum atomic E-state index is -3.55. The number of hydrogen-bond acceptors (Lipinski definition) is 5. The lowest BCUT2D eigenvalue weighted by Gasteiger charge is -2.19. The monoisotopic (exact) mass is 491 g/mol. The van der Waals surface area contributed by atoms with Crippen LogP contribution < -0.4 is 5.32 Å². The number of anilines is 1. The molecule has 0 aliphatic heterocycles. The second kappa shape index (κ2) is 8.90. The summed E-state index contributed by atoms with van der Waals surface area (Å²) in [5.74, 6) is -0.0578. The largest absolute Gasteiger partial charge is 0.325 e. The molecule has 0 spiro atoms. The zero-order chi connectivity index (χ0) is 25.5. The van der Waals surface area contributed by atoms with Gasteiger partial charge in [-0.15, -0.1) is 0 Å². The highest BCUT2D eigenvalue weighted by molar-refractivity contribution is 7.89. The smallest absolute Gasteiger partial charge is 0.242 e. The predicted octanol–water partition coefficient (Wildman–Crippen LogP) is 4.61. The van der Waals surface area contributed by atoms with Gasteiger partial charge in [-0.3, -0.25) is 4.79 Å². The molecule has 1 N–H and O–H groups in total. The molecular formula is C26H29N5O3S. The molecule has 182 valence electrons. The van der Waals surface area contributed by atoms with Gasteiger partial charge in [-0.05, 0) is 42.8 Å². The molecule has 0 aliphatic carbocycles. The number of nitrogens with one attached hydrogen (secondary N) is 1. The lowest BCUT2D eigenvalue weighted by atomic mass is 9.95. The fourth-order valence-corrected chi connectivity index (χ4v) is 4.38. The number of sulfonamides is 1. The van der Waals surface area contributed by atoms with E-state index in [1.54, 1.807) is 22.7 Å². The third kappa shape index (κ3) is 4.96. The first-order chi connectivity index (χ1) is 16.4. The SMILES string of the molecule is Cc1ccc(-c2cn3nc(-c4cccc(S(=O)(=O)N(C)C)c4)ccc3n2)cc1NC(=O)C(C)(C)C. The van der Waals surface area contributed by atoms with Gasteiger partial charge in [0.15, 0.2) is 5.65 Å². The maximum atomic E-state index is 12.5. The lowest BCUT2D eigenvalue weighted by molar-refractivity contribution is -0.123. The quantitative estimate of drug-likeness (QED) is 0.440. The first-order valence-electron chi connectivity index (χ1n) is 11.2. The van der Waals surface area contributed by atoms with Crippen LogP contribution in [-0.4, -0.2) is 47.3 Å². The summed E-state index contributed by atoms with van der Waals surface area (Å²) in [5.41, 5.74) is 4.73. The number of hydrogen-bond donors (Lipinski definition) is 1. The molecule has 2 aromatic heterocycles. The number of aromatic nitrogens is 3. The second-order valence-electron chi connectivity index (χ2n) is 9.70. The van der Waals surface area contributed by atoms with Gasteiger partial charge in [0.25, 0.3) is 0 Å². The molecule has 0 bridgehead atoms. The van der Waals surface area contributed by atoms with Crippen molar-refractivity contribution < 1.29 is 13.2 Å². The highest BCUT2D eigenvalue weighted by Crippen LogP contribution is 2.28. The number of carbonyl (C=O) groups excluding carboxylic acids is 1. The van der Waals surface area contributed by atoms with E-state index in [4.69, 9.17) is 0 Å². The molecule has 4 aromatic rings. The van der Waals surface area contributed by atoms with Crippen LogP contribution in [0.1, 0.15) is 26.3 Å². The highest BCUT2D eigenvalue weighted by Gasteiger charge is 2.22. The van der Waals surface area contributed by atoms with Gasteiger partial charge in [0.2, 0.25) is 15.9 Å². The van der Waals surface area contributed by atoms with Gasteiger partial charge in [0.05, 0.1) is 22.5 Å². The molecule has 0 unspecified atom stereocenters. The van der Waals surface area contributed by atoms with E-state index < -0.39 is 15.4 Å². The molecule has 0 saturated carbocycles. The van der Waals surface area contributed by atoms with Crippen molar-refractivity contribution in [2.24, 2.45) is 5.41 Å². The Labute approximate surface area is 205 Å². The average Bonchev–Trinajstić information content (AvgIpc) is 3.23. The number of carbonyl (C=O) groups is 1. The van der Waals surface area contributed by atoms with Crippen molar-refractivity contribution in [2.45, 2.75) is 32.6 Å². The third-order valence-electron chi connectivity index (χ3n) is 5.69. The normalized spacial score (nSPS) is 12.3. The highest BCUT2D eigenvalue weighted by atomic mass is 32.2. The molecule has 0 aliphatic rings. The van der Waals surface area contributed by atoms with Crippen LogP contribution in [0.3, 0.4) is 0 Å². The van der Waals surface area contributed by atoms with E-state index in [1.165, 1.54) is 18.4 Å². The number of aryl methyl sites for hydroxylation is 1. The lowest BCUT2D eigenvalue weighted by Crippen LogP contribution is -2.27. The topological polar surface area (TPSA) is 96.7 Å². The van der Waals surface area contributed by atoms with Crippen LogP contribution in [0.25, 0.3) is 28.2 Å². The van der Waals surface area contributed by atoms with Crippen molar-refractivity contribution in [2.75, 3.05) is 19.4 Å². The molecule has 9 heteroatoms. The van der Waals surface area contributed by atoms with Crippen LogP contribution >= 0.6 is 0 Å². The van der Waals surface area contributed by atoms with Crippen molar-refractivity contribution in [1.29, 1.82) is 0 Å². The zero-order valence-corrected chi connectivity index (χ0v) is 21.5.